The Morgan fingerprint density at radius 1 is 1.25 bits per heavy atom. The van der Waals surface area contributed by atoms with Crippen molar-refractivity contribution in [3.8, 4) is 0 Å². The van der Waals surface area contributed by atoms with E-state index < -0.39 is 18.1 Å². The van der Waals surface area contributed by atoms with Crippen LogP contribution in [0.2, 0.25) is 0 Å². The summed E-state index contributed by atoms with van der Waals surface area (Å²) >= 11 is 0. The molecule has 0 saturated carbocycles. The molecule has 2 N–H and O–H groups in total. The van der Waals surface area contributed by atoms with Crippen molar-refractivity contribution in [2.75, 3.05) is 20.3 Å². The van der Waals surface area contributed by atoms with Crippen molar-refractivity contribution in [1.82, 2.24) is 15.5 Å². The second-order valence-electron chi connectivity index (χ2n) is 6.85. The van der Waals surface area contributed by atoms with Gasteiger partial charge >= 0.3 is 18.0 Å². The molecule has 8 nitrogen and oxygen atoms in total. The molecule has 2 aliphatic rings. The molecule has 1 aromatic rings. The number of nitrogens with one attached hydrogen (secondary N) is 2. The van der Waals surface area contributed by atoms with Crippen molar-refractivity contribution >= 4 is 18.0 Å². The number of benzene rings is 1. The molecule has 0 spiro atoms. The van der Waals surface area contributed by atoms with Crippen LogP contribution in [0, 0.1) is 0 Å². The first kappa shape index (κ1) is 19.9. The number of urea groups is 1. The van der Waals surface area contributed by atoms with Crippen LogP contribution in [0.25, 0.3) is 0 Å². The zero-order chi connectivity index (χ0) is 20.3. The number of rotatable bonds is 5. The quantitative estimate of drug-likeness (QED) is 0.735. The molecule has 2 heterocycles. The summed E-state index contributed by atoms with van der Waals surface area (Å²) in [5.41, 5.74) is 3.01. The van der Waals surface area contributed by atoms with Crippen molar-refractivity contribution in [3.63, 3.8) is 0 Å². The molecule has 0 fully saturated rings. The fourth-order valence-corrected chi connectivity index (χ4v) is 3.72. The van der Waals surface area contributed by atoms with Crippen molar-refractivity contribution in [3.05, 3.63) is 46.7 Å². The summed E-state index contributed by atoms with van der Waals surface area (Å²) in [5, 5.41) is 5.40. The molecule has 8 heteroatoms. The number of ether oxygens (including phenoxy) is 2. The van der Waals surface area contributed by atoms with Gasteiger partial charge in [-0.3, -0.25) is 9.69 Å². The van der Waals surface area contributed by atoms with E-state index in [4.69, 9.17) is 9.47 Å². The van der Waals surface area contributed by atoms with Crippen LogP contribution in [0.1, 0.15) is 25.0 Å². The highest BCUT2D eigenvalue weighted by atomic mass is 16.5. The number of esters is 2. The predicted molar refractivity (Wildman–Crippen MR) is 101 cm³/mol. The SMILES string of the molecule is CCOC(=O)C1=C(CN2Cc3ccccc3CC2C(=O)OC)NC(=O)NC1C. The topological polar surface area (TPSA) is 97.0 Å². The van der Waals surface area contributed by atoms with E-state index in [1.807, 2.05) is 29.2 Å². The molecule has 2 amide bonds. The Kier molecular flexibility index (Phi) is 5.99. The molecule has 2 atom stereocenters. The number of amides is 2. The van der Waals surface area contributed by atoms with Gasteiger partial charge in [0, 0.05) is 18.8 Å². The van der Waals surface area contributed by atoms with Crippen LogP contribution in [0.5, 0.6) is 0 Å². The molecule has 28 heavy (non-hydrogen) atoms. The van der Waals surface area contributed by atoms with Crippen LogP contribution in [-0.2, 0) is 32.0 Å². The van der Waals surface area contributed by atoms with Gasteiger partial charge in [-0.05, 0) is 31.4 Å². The van der Waals surface area contributed by atoms with E-state index in [1.54, 1.807) is 13.8 Å². The van der Waals surface area contributed by atoms with Gasteiger partial charge in [0.25, 0.3) is 0 Å². The third-order valence-electron chi connectivity index (χ3n) is 5.05. The summed E-state index contributed by atoms with van der Waals surface area (Å²) in [4.78, 5) is 38.8. The fraction of sp³-hybridized carbons (Fsp3) is 0.450. The molecule has 0 bridgehead atoms. The van der Waals surface area contributed by atoms with Crippen molar-refractivity contribution in [1.29, 1.82) is 0 Å². The fourth-order valence-electron chi connectivity index (χ4n) is 3.72. The first-order valence-electron chi connectivity index (χ1n) is 9.30. The molecule has 2 unspecified atom stereocenters. The lowest BCUT2D eigenvalue weighted by Gasteiger charge is -2.37. The standard InChI is InChI=1S/C20H25N3O5/c1-4-28-19(25)17-12(2)21-20(26)22-15(17)11-23-10-14-8-6-5-7-13(14)9-16(23)18(24)27-3/h5-8,12,16H,4,9-11H2,1-3H3,(H2,21,22,26). The lowest BCUT2D eigenvalue weighted by Crippen LogP contribution is -2.53. The Morgan fingerprint density at radius 3 is 2.64 bits per heavy atom. The van der Waals surface area contributed by atoms with E-state index in [9.17, 15) is 14.4 Å². The first-order chi connectivity index (χ1) is 13.4. The largest absolute Gasteiger partial charge is 0.468 e. The highest BCUT2D eigenvalue weighted by Gasteiger charge is 2.36. The highest BCUT2D eigenvalue weighted by molar-refractivity contribution is 5.94. The Labute approximate surface area is 163 Å². The number of carbonyl (C=O) groups is 3. The van der Waals surface area contributed by atoms with Crippen molar-refractivity contribution in [2.24, 2.45) is 0 Å². The van der Waals surface area contributed by atoms with Gasteiger partial charge in [0.1, 0.15) is 6.04 Å². The zero-order valence-electron chi connectivity index (χ0n) is 16.3. The van der Waals surface area contributed by atoms with Gasteiger partial charge in [-0.25, -0.2) is 9.59 Å². The number of methoxy groups -OCH3 is 1. The molecule has 3 rings (SSSR count). The van der Waals surface area contributed by atoms with Gasteiger partial charge in [0.2, 0.25) is 0 Å². The number of carbonyl (C=O) groups excluding carboxylic acids is 3. The maximum atomic E-state index is 12.5. The van der Waals surface area contributed by atoms with Crippen LogP contribution in [-0.4, -0.2) is 55.2 Å². The summed E-state index contributed by atoms with van der Waals surface area (Å²) in [7, 11) is 1.36. The molecule has 0 aliphatic carbocycles. The molecule has 150 valence electrons. The minimum Gasteiger partial charge on any atom is -0.468 e. The summed E-state index contributed by atoms with van der Waals surface area (Å²) in [6.07, 6.45) is 0.507. The molecule has 0 radical (unpaired) electrons. The monoisotopic (exact) mass is 387 g/mol. The zero-order valence-corrected chi connectivity index (χ0v) is 16.3. The Hall–Kier alpha value is -2.87. The summed E-state index contributed by atoms with van der Waals surface area (Å²) < 4.78 is 10.2. The van der Waals surface area contributed by atoms with E-state index in [0.717, 1.165) is 11.1 Å². The molecular formula is C20H25N3O5. The third kappa shape index (κ3) is 4.01. The maximum absolute atomic E-state index is 12.5. The van der Waals surface area contributed by atoms with Crippen molar-refractivity contribution in [2.45, 2.75) is 38.9 Å². The second kappa shape index (κ2) is 8.43. The van der Waals surface area contributed by atoms with Crippen LogP contribution in [0.3, 0.4) is 0 Å². The highest BCUT2D eigenvalue weighted by Crippen LogP contribution is 2.26. The summed E-state index contributed by atoms with van der Waals surface area (Å²) in [6, 6.07) is 6.53. The maximum Gasteiger partial charge on any atom is 0.337 e. The Bertz CT molecular complexity index is 820. The van der Waals surface area contributed by atoms with Crippen LogP contribution in [0.15, 0.2) is 35.5 Å². The molecule has 2 aliphatic heterocycles. The summed E-state index contributed by atoms with van der Waals surface area (Å²) in [6.45, 7) is 4.42. The van der Waals surface area contributed by atoms with Gasteiger partial charge in [0.15, 0.2) is 0 Å². The van der Waals surface area contributed by atoms with Gasteiger partial charge in [-0.1, -0.05) is 24.3 Å². The first-order valence-corrected chi connectivity index (χ1v) is 9.30. The average Bonchev–Trinajstić information content (AvgIpc) is 2.66. The van der Waals surface area contributed by atoms with Crippen LogP contribution >= 0.6 is 0 Å². The Balaban J connectivity index is 1.95. The normalized spacial score (nSPS) is 22.0. The van der Waals surface area contributed by atoms with E-state index in [0.29, 0.717) is 24.2 Å². The van der Waals surface area contributed by atoms with E-state index >= 15 is 0 Å². The van der Waals surface area contributed by atoms with Crippen LogP contribution < -0.4 is 10.6 Å². The van der Waals surface area contributed by atoms with Gasteiger partial charge in [0.05, 0.1) is 25.3 Å². The minimum atomic E-state index is -0.502. The number of nitrogens with zero attached hydrogens (tertiary/aromatic N) is 1. The lowest BCUT2D eigenvalue weighted by atomic mass is 9.93. The predicted octanol–water partition coefficient (Wildman–Crippen LogP) is 1.10. The Morgan fingerprint density at radius 2 is 1.96 bits per heavy atom. The number of hydrogen-bond donors (Lipinski definition) is 2. The van der Waals surface area contributed by atoms with E-state index in [1.165, 1.54) is 7.11 Å². The smallest absolute Gasteiger partial charge is 0.337 e. The van der Waals surface area contributed by atoms with Gasteiger partial charge in [-0.2, -0.15) is 0 Å². The molecular weight excluding hydrogens is 362 g/mol. The van der Waals surface area contributed by atoms with E-state index in [2.05, 4.69) is 10.6 Å². The van der Waals surface area contributed by atoms with Crippen LogP contribution in [0.4, 0.5) is 4.79 Å². The van der Waals surface area contributed by atoms with E-state index in [-0.39, 0.29) is 25.2 Å². The van der Waals surface area contributed by atoms with Gasteiger partial charge in [-0.15, -0.1) is 0 Å². The van der Waals surface area contributed by atoms with Gasteiger partial charge < -0.3 is 20.1 Å². The molecule has 1 aromatic carbocycles. The number of hydrogen-bond acceptors (Lipinski definition) is 6. The number of fused-ring (bicyclic) bond motifs is 1. The molecule has 0 saturated heterocycles. The average molecular weight is 387 g/mol. The lowest BCUT2D eigenvalue weighted by molar-refractivity contribution is -0.147. The molecule has 0 aromatic heterocycles. The third-order valence-corrected chi connectivity index (χ3v) is 5.05. The minimum absolute atomic E-state index is 0.222. The van der Waals surface area contributed by atoms with Crippen molar-refractivity contribution < 1.29 is 23.9 Å². The second-order valence-corrected chi connectivity index (χ2v) is 6.85. The summed E-state index contributed by atoms with van der Waals surface area (Å²) in [5.74, 6) is -0.828.